The first-order valence-electron chi connectivity index (χ1n) is 4.49. The first kappa shape index (κ1) is 13.5. The molecule has 1 amide bonds. The first-order valence-corrected chi connectivity index (χ1v) is 6.64. The molecule has 0 aliphatic heterocycles. The number of carbonyl (C=O) groups is 1. The van der Waals surface area contributed by atoms with Crippen molar-refractivity contribution in [3.05, 3.63) is 21.9 Å². The van der Waals surface area contributed by atoms with Crippen molar-refractivity contribution in [3.8, 4) is 0 Å². The van der Waals surface area contributed by atoms with Crippen LogP contribution >= 0.6 is 35.0 Å². The summed E-state index contributed by atoms with van der Waals surface area (Å²) in [5.74, 6) is 0.669. The molecule has 7 heteroatoms. The second kappa shape index (κ2) is 6.27. The van der Waals surface area contributed by atoms with Gasteiger partial charge in [0.15, 0.2) is 10.3 Å². The van der Waals surface area contributed by atoms with Gasteiger partial charge in [-0.3, -0.25) is 4.79 Å². The fourth-order valence-electron chi connectivity index (χ4n) is 1.04. The van der Waals surface area contributed by atoms with Gasteiger partial charge in [0.25, 0.3) is 5.91 Å². The van der Waals surface area contributed by atoms with E-state index in [2.05, 4.69) is 10.2 Å². The monoisotopic (exact) mass is 279 g/mol. The lowest BCUT2D eigenvalue weighted by Crippen LogP contribution is -2.29. The molecule has 1 rings (SSSR count). The smallest absolute Gasteiger partial charge is 0.256 e. The fourth-order valence-corrected chi connectivity index (χ4v) is 1.81. The van der Waals surface area contributed by atoms with Gasteiger partial charge in [0.05, 0.1) is 5.56 Å². The van der Waals surface area contributed by atoms with E-state index in [0.717, 1.165) is 5.75 Å². The van der Waals surface area contributed by atoms with Crippen molar-refractivity contribution < 1.29 is 4.79 Å². The van der Waals surface area contributed by atoms with Gasteiger partial charge < -0.3 is 4.90 Å². The molecular weight excluding hydrogens is 269 g/mol. The quantitative estimate of drug-likeness (QED) is 0.848. The van der Waals surface area contributed by atoms with Gasteiger partial charge in [-0.25, -0.2) is 0 Å². The summed E-state index contributed by atoms with van der Waals surface area (Å²) in [5, 5.41) is 7.38. The summed E-state index contributed by atoms with van der Waals surface area (Å²) in [6.45, 7) is 0.649. The Bertz CT molecular complexity index is 389. The number of aromatic nitrogens is 2. The van der Waals surface area contributed by atoms with E-state index in [4.69, 9.17) is 23.2 Å². The maximum Gasteiger partial charge on any atom is 0.256 e. The summed E-state index contributed by atoms with van der Waals surface area (Å²) in [6.07, 6.45) is 1.98. The van der Waals surface area contributed by atoms with Crippen LogP contribution < -0.4 is 0 Å². The third-order valence-corrected chi connectivity index (χ3v) is 2.98. The molecule has 0 aliphatic rings. The number of rotatable bonds is 4. The number of hydrogen-bond acceptors (Lipinski definition) is 4. The normalized spacial score (nSPS) is 10.2. The van der Waals surface area contributed by atoms with Crippen LogP contribution in [0.3, 0.4) is 0 Å². The van der Waals surface area contributed by atoms with Gasteiger partial charge in [0.2, 0.25) is 0 Å². The van der Waals surface area contributed by atoms with Gasteiger partial charge in [-0.1, -0.05) is 23.2 Å². The molecule has 0 N–H and O–H groups in total. The Balaban J connectivity index is 2.83. The van der Waals surface area contributed by atoms with Crippen LogP contribution in [0.15, 0.2) is 6.07 Å². The van der Waals surface area contributed by atoms with E-state index in [1.807, 2.05) is 6.26 Å². The molecule has 0 spiro atoms. The summed E-state index contributed by atoms with van der Waals surface area (Å²) in [4.78, 5) is 13.5. The lowest BCUT2D eigenvalue weighted by molar-refractivity contribution is 0.0803. The van der Waals surface area contributed by atoms with E-state index in [1.54, 1.807) is 23.7 Å². The summed E-state index contributed by atoms with van der Waals surface area (Å²) < 4.78 is 0. The summed E-state index contributed by atoms with van der Waals surface area (Å²) in [6, 6.07) is 1.43. The molecule has 16 heavy (non-hydrogen) atoms. The van der Waals surface area contributed by atoms with Crippen LogP contribution in [-0.2, 0) is 0 Å². The van der Waals surface area contributed by atoms with E-state index in [-0.39, 0.29) is 21.8 Å². The molecule has 0 atom stereocenters. The van der Waals surface area contributed by atoms with Crippen LogP contribution in [0.25, 0.3) is 0 Å². The highest BCUT2D eigenvalue weighted by Crippen LogP contribution is 2.17. The lowest BCUT2D eigenvalue weighted by Gasteiger charge is -2.16. The molecular formula is C9H11Cl2N3OS. The number of thioether (sulfide) groups is 1. The van der Waals surface area contributed by atoms with Crippen molar-refractivity contribution in [1.82, 2.24) is 15.1 Å². The minimum Gasteiger partial charge on any atom is -0.341 e. The largest absolute Gasteiger partial charge is 0.341 e. The molecule has 0 bridgehead atoms. The second-order valence-electron chi connectivity index (χ2n) is 3.09. The molecule has 0 aliphatic carbocycles. The fraction of sp³-hybridized carbons (Fsp3) is 0.444. The highest BCUT2D eigenvalue weighted by atomic mass is 35.5. The number of hydrogen-bond donors (Lipinski definition) is 0. The van der Waals surface area contributed by atoms with Crippen LogP contribution in [0.5, 0.6) is 0 Å². The average molecular weight is 280 g/mol. The Kier molecular flexibility index (Phi) is 5.31. The SMILES string of the molecule is CSCCN(C)C(=O)c1cc(Cl)nnc1Cl. The molecule has 0 unspecified atom stereocenters. The highest BCUT2D eigenvalue weighted by molar-refractivity contribution is 7.98. The average Bonchev–Trinajstić information content (AvgIpc) is 2.28. The molecule has 88 valence electrons. The van der Waals surface area contributed by atoms with Crippen molar-refractivity contribution in [2.75, 3.05) is 25.6 Å². The Labute approximate surface area is 108 Å². The predicted octanol–water partition coefficient (Wildman–Crippen LogP) is 2.22. The Hall–Kier alpha value is -0.520. The number of amides is 1. The van der Waals surface area contributed by atoms with Crippen LogP contribution in [-0.4, -0.2) is 46.6 Å². The van der Waals surface area contributed by atoms with Gasteiger partial charge >= 0.3 is 0 Å². The maximum absolute atomic E-state index is 11.9. The summed E-state index contributed by atoms with van der Waals surface area (Å²) in [7, 11) is 1.71. The molecule has 0 saturated heterocycles. The van der Waals surface area contributed by atoms with E-state index in [1.165, 1.54) is 6.07 Å². The van der Waals surface area contributed by atoms with E-state index in [0.29, 0.717) is 6.54 Å². The van der Waals surface area contributed by atoms with Crippen molar-refractivity contribution in [2.24, 2.45) is 0 Å². The molecule has 0 saturated carbocycles. The zero-order valence-corrected chi connectivity index (χ0v) is 11.2. The molecule has 1 aromatic rings. The minimum absolute atomic E-state index is 0.0744. The lowest BCUT2D eigenvalue weighted by atomic mass is 10.3. The zero-order valence-electron chi connectivity index (χ0n) is 8.91. The number of nitrogens with zero attached hydrogens (tertiary/aromatic N) is 3. The third-order valence-electron chi connectivity index (χ3n) is 1.93. The van der Waals surface area contributed by atoms with Gasteiger partial charge in [-0.15, -0.1) is 10.2 Å². The minimum atomic E-state index is -0.198. The number of halogens is 2. The summed E-state index contributed by atoms with van der Waals surface area (Å²) in [5.41, 5.74) is 0.283. The van der Waals surface area contributed by atoms with Crippen LogP contribution in [0.4, 0.5) is 0 Å². The van der Waals surface area contributed by atoms with Gasteiger partial charge in [0, 0.05) is 19.3 Å². The molecule has 0 aromatic carbocycles. The second-order valence-corrected chi connectivity index (χ2v) is 4.82. The topological polar surface area (TPSA) is 46.1 Å². The van der Waals surface area contributed by atoms with E-state index in [9.17, 15) is 4.79 Å². The van der Waals surface area contributed by atoms with E-state index >= 15 is 0 Å². The molecule has 1 heterocycles. The van der Waals surface area contributed by atoms with Crippen molar-refractivity contribution in [1.29, 1.82) is 0 Å². The van der Waals surface area contributed by atoms with Crippen molar-refractivity contribution in [3.63, 3.8) is 0 Å². The van der Waals surface area contributed by atoms with Gasteiger partial charge in [-0.2, -0.15) is 11.8 Å². The van der Waals surface area contributed by atoms with E-state index < -0.39 is 0 Å². The Morgan fingerprint density at radius 2 is 2.19 bits per heavy atom. The zero-order chi connectivity index (χ0) is 12.1. The first-order chi connectivity index (χ1) is 7.56. The number of carbonyl (C=O) groups excluding carboxylic acids is 1. The van der Waals surface area contributed by atoms with Crippen LogP contribution in [0, 0.1) is 0 Å². The predicted molar refractivity (Wildman–Crippen MR) is 67.4 cm³/mol. The molecule has 0 radical (unpaired) electrons. The molecule has 0 fully saturated rings. The van der Waals surface area contributed by atoms with Crippen molar-refractivity contribution in [2.45, 2.75) is 0 Å². The van der Waals surface area contributed by atoms with Crippen LogP contribution in [0.2, 0.25) is 10.3 Å². The third kappa shape index (κ3) is 3.50. The molecule has 4 nitrogen and oxygen atoms in total. The summed E-state index contributed by atoms with van der Waals surface area (Å²) >= 11 is 13.1. The van der Waals surface area contributed by atoms with Gasteiger partial charge in [-0.05, 0) is 12.3 Å². The molecule has 1 aromatic heterocycles. The van der Waals surface area contributed by atoms with Crippen molar-refractivity contribution >= 4 is 40.9 Å². The Morgan fingerprint density at radius 3 is 2.81 bits per heavy atom. The maximum atomic E-state index is 11.9. The van der Waals surface area contributed by atoms with Gasteiger partial charge in [0.1, 0.15) is 0 Å². The Morgan fingerprint density at radius 1 is 1.50 bits per heavy atom. The highest BCUT2D eigenvalue weighted by Gasteiger charge is 2.16. The van der Waals surface area contributed by atoms with Crippen LogP contribution in [0.1, 0.15) is 10.4 Å². The standard InChI is InChI=1S/C9H11Cl2N3OS/c1-14(3-4-16-2)9(15)6-5-7(10)12-13-8(6)11/h5H,3-4H2,1-2H3.